The van der Waals surface area contributed by atoms with Crippen molar-refractivity contribution in [2.45, 2.75) is 91.1 Å². The highest BCUT2D eigenvalue weighted by Crippen LogP contribution is 2.49. The first-order chi connectivity index (χ1) is 21.4. The largest absolute Gasteiger partial charge is 0.301 e. The number of carbonyl (C=O) groups is 2. The zero-order chi connectivity index (χ0) is 33.6. The zero-order valence-electron chi connectivity index (χ0n) is 29.0. The second-order valence-electron chi connectivity index (χ2n) is 15.7. The van der Waals surface area contributed by atoms with E-state index >= 15 is 0 Å². The van der Waals surface area contributed by atoms with Gasteiger partial charge in [0.1, 0.15) is 0 Å². The molecule has 2 aliphatic rings. The van der Waals surface area contributed by atoms with Crippen molar-refractivity contribution in [3.8, 4) is 11.8 Å². The van der Waals surface area contributed by atoms with E-state index in [2.05, 4.69) is 111 Å². The third-order valence-electron chi connectivity index (χ3n) is 9.70. The molecular formula is C41H44N2O3. The Bertz CT molecular complexity index is 1990. The van der Waals surface area contributed by atoms with Gasteiger partial charge in [-0.3, -0.25) is 9.59 Å². The van der Waals surface area contributed by atoms with Gasteiger partial charge in [-0.1, -0.05) is 83.7 Å². The third-order valence-corrected chi connectivity index (χ3v) is 9.70. The van der Waals surface area contributed by atoms with Crippen LogP contribution >= 0.6 is 0 Å². The number of nitrogens with zero attached hydrogens (tertiary/aromatic N) is 2. The molecule has 5 heteroatoms. The van der Waals surface area contributed by atoms with Crippen LogP contribution < -0.4 is 4.90 Å². The van der Waals surface area contributed by atoms with Crippen LogP contribution in [0.2, 0.25) is 0 Å². The number of hydrogen-bond acceptors (Lipinski definition) is 4. The molecule has 2 amide bonds. The van der Waals surface area contributed by atoms with Crippen LogP contribution in [0.5, 0.6) is 0 Å². The van der Waals surface area contributed by atoms with Gasteiger partial charge in [0, 0.05) is 27.6 Å². The molecule has 236 valence electrons. The van der Waals surface area contributed by atoms with Crippen LogP contribution in [0.4, 0.5) is 5.69 Å². The number of hydroxylamine groups is 2. The summed E-state index contributed by atoms with van der Waals surface area (Å²) in [5.74, 6) is 6.11. The number of carbonyl (C=O) groups excluding carboxylic acids is 2. The van der Waals surface area contributed by atoms with Gasteiger partial charge in [0.15, 0.2) is 0 Å². The molecule has 0 saturated carbocycles. The summed E-state index contributed by atoms with van der Waals surface area (Å²) in [4.78, 5) is 35.7. The molecule has 6 rings (SSSR count). The van der Waals surface area contributed by atoms with Crippen LogP contribution in [-0.2, 0) is 26.7 Å². The summed E-state index contributed by atoms with van der Waals surface area (Å²) in [5, 5.41) is 3.50. The van der Waals surface area contributed by atoms with Crippen LogP contribution in [0.15, 0.2) is 66.7 Å². The Morgan fingerprint density at radius 2 is 1.35 bits per heavy atom. The fourth-order valence-electron chi connectivity index (χ4n) is 7.42. The maximum absolute atomic E-state index is 14.3. The monoisotopic (exact) mass is 612 g/mol. The number of hydrogen-bond donors (Lipinski definition) is 0. The first-order valence-electron chi connectivity index (χ1n) is 16.0. The van der Waals surface area contributed by atoms with Gasteiger partial charge < -0.3 is 4.84 Å². The van der Waals surface area contributed by atoms with Gasteiger partial charge in [-0.05, 0) is 103 Å². The Hall–Kier alpha value is -4.24. The van der Waals surface area contributed by atoms with Crippen molar-refractivity contribution in [2.24, 2.45) is 0 Å². The van der Waals surface area contributed by atoms with E-state index in [9.17, 15) is 9.59 Å². The Balaban J connectivity index is 1.45. The van der Waals surface area contributed by atoms with Gasteiger partial charge in [-0.25, -0.2) is 4.90 Å². The second-order valence-corrected chi connectivity index (χ2v) is 15.7. The summed E-state index contributed by atoms with van der Waals surface area (Å²) in [6.07, 6.45) is 0. The minimum Gasteiger partial charge on any atom is -0.301 e. The Morgan fingerprint density at radius 3 is 1.98 bits per heavy atom. The van der Waals surface area contributed by atoms with Crippen molar-refractivity contribution < 1.29 is 14.4 Å². The first kappa shape index (κ1) is 31.7. The molecule has 2 aliphatic heterocycles. The smallest absolute Gasteiger partial charge is 0.265 e. The minimum absolute atomic E-state index is 0.146. The average molecular weight is 613 g/mol. The molecule has 0 N–H and O–H groups in total. The van der Waals surface area contributed by atoms with Crippen molar-refractivity contribution in [3.05, 3.63) is 111 Å². The molecule has 0 fully saturated rings. The van der Waals surface area contributed by atoms with Crippen LogP contribution in [-0.4, -0.2) is 24.0 Å². The van der Waals surface area contributed by atoms with Crippen LogP contribution in [0, 0.1) is 11.8 Å². The summed E-state index contributed by atoms with van der Waals surface area (Å²) >= 11 is 0. The zero-order valence-corrected chi connectivity index (χ0v) is 29.0. The molecular weight excluding hydrogens is 568 g/mol. The highest BCUT2D eigenvalue weighted by Gasteiger charge is 2.50. The Morgan fingerprint density at radius 1 is 0.696 bits per heavy atom. The van der Waals surface area contributed by atoms with Gasteiger partial charge >= 0.3 is 0 Å². The molecule has 0 unspecified atom stereocenters. The van der Waals surface area contributed by atoms with Crippen molar-refractivity contribution in [2.75, 3.05) is 12.0 Å². The Labute approximate surface area is 273 Å². The maximum Gasteiger partial charge on any atom is 0.265 e. The average Bonchev–Trinajstić information content (AvgIpc) is 3.13. The van der Waals surface area contributed by atoms with Gasteiger partial charge in [0.05, 0.1) is 23.9 Å². The molecule has 46 heavy (non-hydrogen) atoms. The molecule has 0 aromatic heterocycles. The molecule has 0 saturated heterocycles. The standard InChI is InChI=1S/C41H44N2O3/c1-38(2,3)27-19-22-32(39(4,5)6)34(24-27)42-36(44)29-14-12-13-28-26(18-20-30(35(28)29)37(42)45)17-15-25-16-21-31-33(23-25)41(9,10)43(46-11)40(31,7)8/h12-14,16,18-24H,1-11H3. The fraction of sp³-hybridized carbons (Fsp3) is 0.366. The van der Waals surface area contributed by atoms with Gasteiger partial charge in [0.2, 0.25) is 0 Å². The van der Waals surface area contributed by atoms with Crippen molar-refractivity contribution in [1.29, 1.82) is 0 Å². The summed E-state index contributed by atoms with van der Waals surface area (Å²) in [6.45, 7) is 21.4. The van der Waals surface area contributed by atoms with Crippen molar-refractivity contribution in [1.82, 2.24) is 5.06 Å². The summed E-state index contributed by atoms with van der Waals surface area (Å²) in [5.41, 5.74) is 6.75. The van der Waals surface area contributed by atoms with Gasteiger partial charge in [0.25, 0.3) is 11.8 Å². The number of imide groups is 1. The molecule has 0 radical (unpaired) electrons. The Kier molecular flexibility index (Phi) is 7.17. The summed E-state index contributed by atoms with van der Waals surface area (Å²) < 4.78 is 0. The van der Waals surface area contributed by atoms with Crippen molar-refractivity contribution >= 4 is 28.3 Å². The lowest BCUT2D eigenvalue weighted by atomic mass is 9.80. The molecule has 0 aliphatic carbocycles. The lowest BCUT2D eigenvalue weighted by Crippen LogP contribution is -2.44. The van der Waals surface area contributed by atoms with E-state index in [0.29, 0.717) is 22.2 Å². The normalized spacial score (nSPS) is 17.2. The number of benzene rings is 4. The van der Waals surface area contributed by atoms with E-state index in [-0.39, 0.29) is 33.7 Å². The highest BCUT2D eigenvalue weighted by atomic mass is 16.7. The van der Waals surface area contributed by atoms with E-state index in [0.717, 1.165) is 27.6 Å². The SMILES string of the molecule is CON1C(C)(C)c2ccc(C#Cc3ccc4c5c(cccc35)C(=O)N(c3cc(C(C)(C)C)ccc3C(C)(C)C)C4=O)cc2C1(C)C. The van der Waals surface area contributed by atoms with Crippen LogP contribution in [0.3, 0.4) is 0 Å². The molecule has 0 atom stereocenters. The molecule has 4 aromatic rings. The number of fused-ring (bicyclic) bond motifs is 1. The van der Waals surface area contributed by atoms with Crippen LogP contribution in [0.25, 0.3) is 10.8 Å². The topological polar surface area (TPSA) is 49.9 Å². The lowest BCUT2D eigenvalue weighted by Gasteiger charge is -2.38. The molecule has 0 spiro atoms. The maximum atomic E-state index is 14.3. The van der Waals surface area contributed by atoms with Crippen LogP contribution in [0.1, 0.15) is 123 Å². The number of rotatable bonds is 2. The van der Waals surface area contributed by atoms with E-state index < -0.39 is 0 Å². The number of amides is 2. The molecule has 0 bridgehead atoms. The first-order valence-corrected chi connectivity index (χ1v) is 16.0. The highest BCUT2D eigenvalue weighted by molar-refractivity contribution is 6.36. The number of anilines is 1. The van der Waals surface area contributed by atoms with Gasteiger partial charge in [-0.15, -0.1) is 0 Å². The summed E-state index contributed by atoms with van der Waals surface area (Å²) in [6, 6.07) is 21.9. The van der Waals surface area contributed by atoms with E-state index in [4.69, 9.17) is 4.84 Å². The predicted octanol–water partition coefficient (Wildman–Crippen LogP) is 8.98. The predicted molar refractivity (Wildman–Crippen MR) is 186 cm³/mol. The molecule has 2 heterocycles. The fourth-order valence-corrected chi connectivity index (χ4v) is 7.42. The quantitative estimate of drug-likeness (QED) is 0.167. The third kappa shape index (κ3) is 4.78. The van der Waals surface area contributed by atoms with Gasteiger partial charge in [-0.2, -0.15) is 5.06 Å². The molecule has 4 aromatic carbocycles. The van der Waals surface area contributed by atoms with E-state index in [1.54, 1.807) is 7.11 Å². The summed E-state index contributed by atoms with van der Waals surface area (Å²) in [7, 11) is 1.72. The van der Waals surface area contributed by atoms with E-state index in [1.165, 1.54) is 16.0 Å². The van der Waals surface area contributed by atoms with Crippen molar-refractivity contribution in [3.63, 3.8) is 0 Å². The minimum atomic E-state index is -0.322. The lowest BCUT2D eigenvalue weighted by molar-refractivity contribution is -0.241. The van der Waals surface area contributed by atoms with E-state index in [1.807, 2.05) is 41.5 Å². The second kappa shape index (κ2) is 10.4. The molecule has 5 nitrogen and oxygen atoms in total.